The van der Waals surface area contributed by atoms with Gasteiger partial charge in [-0.05, 0) is 12.5 Å². The lowest BCUT2D eigenvalue weighted by Crippen LogP contribution is -2.35. The molecule has 0 spiro atoms. The monoisotopic (exact) mass is 164 g/mol. The zero-order valence-electron chi connectivity index (χ0n) is 6.76. The van der Waals surface area contributed by atoms with Crippen LogP contribution in [0.25, 0.3) is 5.32 Å². The average Bonchev–Trinajstić information content (AvgIpc) is 2.56. The summed E-state index contributed by atoms with van der Waals surface area (Å²) in [6.07, 6.45) is 3.88. The van der Waals surface area contributed by atoms with Crippen molar-refractivity contribution in [3.63, 3.8) is 0 Å². The Morgan fingerprint density at radius 2 is 2.50 bits per heavy atom. The standard InChI is InChI=1S/C7H10N5/c1-5-2-6(4-8-3-5)7-9-11-12-10-7/h2,4,11-12H,3H2,1H3,(H,9,10)/q-1. The van der Waals surface area contributed by atoms with E-state index in [0.717, 1.165) is 18.0 Å². The van der Waals surface area contributed by atoms with E-state index in [9.17, 15) is 0 Å². The molecule has 2 heterocycles. The zero-order valence-corrected chi connectivity index (χ0v) is 6.76. The van der Waals surface area contributed by atoms with Crippen LogP contribution >= 0.6 is 0 Å². The highest BCUT2D eigenvalue weighted by Crippen LogP contribution is 2.14. The van der Waals surface area contributed by atoms with Gasteiger partial charge in [-0.25, -0.2) is 5.53 Å². The maximum absolute atomic E-state index is 4.18. The number of hydrogen-bond acceptors (Lipinski definition) is 4. The molecule has 12 heavy (non-hydrogen) atoms. The van der Waals surface area contributed by atoms with E-state index < -0.39 is 0 Å². The van der Waals surface area contributed by atoms with Crippen LogP contribution in [0, 0.1) is 0 Å². The Balaban J connectivity index is 2.18. The number of hydrazone groups is 1. The Morgan fingerprint density at radius 1 is 1.58 bits per heavy atom. The molecule has 0 unspecified atom stereocenters. The van der Waals surface area contributed by atoms with Gasteiger partial charge in [0.15, 0.2) is 5.84 Å². The number of hydrogen-bond donors (Lipinski definition) is 3. The van der Waals surface area contributed by atoms with Crippen LogP contribution in [-0.4, -0.2) is 12.4 Å². The van der Waals surface area contributed by atoms with Crippen LogP contribution in [0.4, 0.5) is 0 Å². The average molecular weight is 164 g/mol. The van der Waals surface area contributed by atoms with Crippen LogP contribution in [0.1, 0.15) is 6.92 Å². The second-order valence-corrected chi connectivity index (χ2v) is 2.74. The molecule has 0 saturated heterocycles. The van der Waals surface area contributed by atoms with Gasteiger partial charge in [-0.15, -0.1) is 17.2 Å². The molecule has 2 aliphatic heterocycles. The smallest absolute Gasteiger partial charge is 0.168 e. The van der Waals surface area contributed by atoms with E-state index in [1.54, 1.807) is 0 Å². The van der Waals surface area contributed by atoms with Crippen LogP contribution < -0.4 is 16.5 Å². The van der Waals surface area contributed by atoms with E-state index in [0.29, 0.717) is 0 Å². The molecule has 0 saturated carbocycles. The summed E-state index contributed by atoms with van der Waals surface area (Å²) in [7, 11) is 0. The minimum Gasteiger partial charge on any atom is -0.687 e. The first kappa shape index (κ1) is 7.17. The molecule has 0 aromatic heterocycles. The number of amidine groups is 1. The third-order valence-corrected chi connectivity index (χ3v) is 1.65. The van der Waals surface area contributed by atoms with Gasteiger partial charge in [0.25, 0.3) is 0 Å². The summed E-state index contributed by atoms with van der Waals surface area (Å²) in [4.78, 5) is 0. The molecule has 5 heteroatoms. The summed E-state index contributed by atoms with van der Waals surface area (Å²) in [5, 5.41) is 8.14. The summed E-state index contributed by atoms with van der Waals surface area (Å²) in [6.45, 7) is 2.84. The van der Waals surface area contributed by atoms with Gasteiger partial charge in [0.1, 0.15) is 0 Å². The first-order valence-electron chi connectivity index (χ1n) is 3.74. The van der Waals surface area contributed by atoms with Crippen molar-refractivity contribution in [1.82, 2.24) is 16.5 Å². The fraction of sp³-hybridized carbons (Fsp3) is 0.286. The van der Waals surface area contributed by atoms with Crippen LogP contribution in [0.3, 0.4) is 0 Å². The third kappa shape index (κ3) is 1.26. The third-order valence-electron chi connectivity index (χ3n) is 1.65. The Kier molecular flexibility index (Phi) is 1.71. The number of nitrogens with zero attached hydrogens (tertiary/aromatic N) is 2. The molecule has 0 radical (unpaired) electrons. The van der Waals surface area contributed by atoms with Crippen LogP contribution in [0.5, 0.6) is 0 Å². The van der Waals surface area contributed by atoms with Gasteiger partial charge in [0.05, 0.1) is 0 Å². The highest BCUT2D eigenvalue weighted by atomic mass is 15.8. The van der Waals surface area contributed by atoms with Gasteiger partial charge in [-0.1, -0.05) is 11.6 Å². The molecule has 0 fully saturated rings. The Hall–Kier alpha value is -1.49. The van der Waals surface area contributed by atoms with Crippen molar-refractivity contribution in [3.05, 3.63) is 28.7 Å². The Morgan fingerprint density at radius 3 is 3.17 bits per heavy atom. The summed E-state index contributed by atoms with van der Waals surface area (Å²) < 4.78 is 0. The lowest BCUT2D eigenvalue weighted by molar-refractivity contribution is 0.577. The minimum atomic E-state index is 0.776. The van der Waals surface area contributed by atoms with Gasteiger partial charge in [0, 0.05) is 0 Å². The number of nitrogens with one attached hydrogen (secondary N) is 3. The fourth-order valence-electron chi connectivity index (χ4n) is 1.10. The van der Waals surface area contributed by atoms with Crippen molar-refractivity contribution in [2.75, 3.05) is 6.54 Å². The van der Waals surface area contributed by atoms with Crippen molar-refractivity contribution < 1.29 is 0 Å². The van der Waals surface area contributed by atoms with E-state index in [2.05, 4.69) is 33.0 Å². The topological polar surface area (TPSA) is 62.6 Å². The second kappa shape index (κ2) is 2.86. The Bertz CT molecular complexity index is 276. The molecule has 64 valence electrons. The molecule has 0 bridgehead atoms. The fourth-order valence-corrected chi connectivity index (χ4v) is 1.10. The van der Waals surface area contributed by atoms with Gasteiger partial charge in [-0.3, -0.25) is 5.43 Å². The maximum Gasteiger partial charge on any atom is 0.168 e. The van der Waals surface area contributed by atoms with E-state index >= 15 is 0 Å². The maximum atomic E-state index is 4.18. The van der Waals surface area contributed by atoms with Crippen molar-refractivity contribution in [2.24, 2.45) is 5.10 Å². The van der Waals surface area contributed by atoms with Gasteiger partial charge >= 0.3 is 0 Å². The largest absolute Gasteiger partial charge is 0.687 e. The summed E-state index contributed by atoms with van der Waals surface area (Å²) in [6, 6.07) is 0. The molecule has 3 N–H and O–H groups in total. The van der Waals surface area contributed by atoms with E-state index in [4.69, 9.17) is 0 Å². The molecule has 0 aromatic carbocycles. The van der Waals surface area contributed by atoms with Crippen molar-refractivity contribution >= 4 is 5.84 Å². The molecular formula is C7H10N5-. The van der Waals surface area contributed by atoms with E-state index in [-0.39, 0.29) is 0 Å². The molecule has 0 aromatic rings. The Labute approximate surface area is 70.5 Å². The van der Waals surface area contributed by atoms with Crippen LogP contribution in [0.2, 0.25) is 0 Å². The van der Waals surface area contributed by atoms with E-state index in [1.165, 1.54) is 5.57 Å². The summed E-state index contributed by atoms with van der Waals surface area (Å²) in [5.41, 5.74) is 10.4. The SMILES string of the molecule is CC1=CC(C2=NNNN2)=C[N-]C1. The van der Waals surface area contributed by atoms with Gasteiger partial charge in [0.2, 0.25) is 0 Å². The molecule has 0 atom stereocenters. The highest BCUT2D eigenvalue weighted by molar-refractivity contribution is 6.01. The first-order chi connectivity index (χ1) is 5.86. The van der Waals surface area contributed by atoms with Crippen LogP contribution in [0.15, 0.2) is 28.5 Å². The molecular weight excluding hydrogens is 154 g/mol. The molecule has 0 amide bonds. The van der Waals surface area contributed by atoms with Gasteiger partial charge in [-0.2, -0.15) is 6.20 Å². The van der Waals surface area contributed by atoms with E-state index in [1.807, 2.05) is 13.1 Å². The second-order valence-electron chi connectivity index (χ2n) is 2.74. The normalized spacial score (nSPS) is 21.2. The molecule has 5 nitrogen and oxygen atoms in total. The van der Waals surface area contributed by atoms with Crippen molar-refractivity contribution in [1.29, 1.82) is 0 Å². The predicted molar refractivity (Wildman–Crippen MR) is 46.9 cm³/mol. The van der Waals surface area contributed by atoms with Gasteiger partial charge < -0.3 is 5.32 Å². The lowest BCUT2D eigenvalue weighted by atomic mass is 10.1. The lowest BCUT2D eigenvalue weighted by Gasteiger charge is -2.22. The quantitative estimate of drug-likeness (QED) is 0.516. The molecule has 2 aliphatic rings. The highest BCUT2D eigenvalue weighted by Gasteiger charge is 2.07. The predicted octanol–water partition coefficient (Wildman–Crippen LogP) is 0.130. The summed E-state index contributed by atoms with van der Waals surface area (Å²) >= 11 is 0. The number of hydrazine groups is 2. The van der Waals surface area contributed by atoms with Crippen LogP contribution in [-0.2, 0) is 0 Å². The minimum absolute atomic E-state index is 0.776. The van der Waals surface area contributed by atoms with Crippen molar-refractivity contribution in [2.45, 2.75) is 6.92 Å². The van der Waals surface area contributed by atoms with Crippen molar-refractivity contribution in [3.8, 4) is 0 Å². The molecule has 0 aliphatic carbocycles. The molecule has 2 rings (SSSR count). The number of rotatable bonds is 1. The first-order valence-corrected chi connectivity index (χ1v) is 3.74. The zero-order chi connectivity index (χ0) is 8.39. The summed E-state index contributed by atoms with van der Waals surface area (Å²) in [5.74, 6) is 0.776.